The Bertz CT molecular complexity index is 896. The van der Waals surface area contributed by atoms with E-state index in [0.29, 0.717) is 12.1 Å². The SMILES string of the molecule is Cc1ccc(CNC(=O)c2ccc(S(=O)(=O)NC(C)(C)C)cc2)c(C)c1. The molecule has 1 amide bonds. The van der Waals surface area contributed by atoms with Gasteiger partial charge in [-0.2, -0.15) is 0 Å². The fourth-order valence-electron chi connectivity index (χ4n) is 2.57. The molecule has 0 bridgehead atoms. The lowest BCUT2D eigenvalue weighted by atomic mass is 10.1. The third kappa shape index (κ3) is 5.41. The van der Waals surface area contributed by atoms with E-state index in [-0.39, 0.29) is 10.8 Å². The number of sulfonamides is 1. The van der Waals surface area contributed by atoms with E-state index < -0.39 is 15.6 Å². The summed E-state index contributed by atoms with van der Waals surface area (Å²) >= 11 is 0. The van der Waals surface area contributed by atoms with Crippen molar-refractivity contribution in [3.05, 3.63) is 64.7 Å². The highest BCUT2D eigenvalue weighted by Gasteiger charge is 2.22. The molecule has 2 aromatic rings. The van der Waals surface area contributed by atoms with Gasteiger partial charge in [-0.3, -0.25) is 4.79 Å². The molecule has 0 aliphatic rings. The van der Waals surface area contributed by atoms with Gasteiger partial charge in [0.1, 0.15) is 0 Å². The third-order valence-electron chi connectivity index (χ3n) is 3.80. The lowest BCUT2D eigenvalue weighted by Gasteiger charge is -2.20. The van der Waals surface area contributed by atoms with Gasteiger partial charge in [0.15, 0.2) is 0 Å². The van der Waals surface area contributed by atoms with Crippen LogP contribution in [0.25, 0.3) is 0 Å². The predicted molar refractivity (Wildman–Crippen MR) is 104 cm³/mol. The first-order valence-corrected chi connectivity index (χ1v) is 9.95. The molecule has 0 spiro atoms. The number of amides is 1. The number of rotatable bonds is 5. The first kappa shape index (κ1) is 20.1. The smallest absolute Gasteiger partial charge is 0.251 e. The van der Waals surface area contributed by atoms with Crippen LogP contribution in [-0.2, 0) is 16.6 Å². The Labute approximate surface area is 155 Å². The van der Waals surface area contributed by atoms with Gasteiger partial charge in [0, 0.05) is 17.6 Å². The molecule has 0 aliphatic heterocycles. The lowest BCUT2D eigenvalue weighted by Crippen LogP contribution is -2.40. The standard InChI is InChI=1S/C20H26N2O3S/c1-14-6-7-17(15(2)12-14)13-21-19(23)16-8-10-18(11-9-16)26(24,25)22-20(3,4)5/h6-12,22H,13H2,1-5H3,(H,21,23). The van der Waals surface area contributed by atoms with Crippen molar-refractivity contribution < 1.29 is 13.2 Å². The van der Waals surface area contributed by atoms with Gasteiger partial charge in [-0.1, -0.05) is 23.8 Å². The van der Waals surface area contributed by atoms with Crippen LogP contribution in [0.2, 0.25) is 0 Å². The monoisotopic (exact) mass is 374 g/mol. The highest BCUT2D eigenvalue weighted by molar-refractivity contribution is 7.89. The van der Waals surface area contributed by atoms with E-state index in [0.717, 1.165) is 11.1 Å². The zero-order valence-electron chi connectivity index (χ0n) is 15.9. The zero-order chi connectivity index (χ0) is 19.5. The van der Waals surface area contributed by atoms with Crippen LogP contribution in [0.5, 0.6) is 0 Å². The molecule has 2 rings (SSSR count). The molecular weight excluding hydrogens is 348 g/mol. The maximum Gasteiger partial charge on any atom is 0.251 e. The van der Waals surface area contributed by atoms with Crippen LogP contribution in [0.3, 0.4) is 0 Å². The van der Waals surface area contributed by atoms with Gasteiger partial charge in [-0.05, 0) is 70.0 Å². The zero-order valence-corrected chi connectivity index (χ0v) is 16.7. The van der Waals surface area contributed by atoms with Gasteiger partial charge in [0.05, 0.1) is 4.90 Å². The Kier molecular flexibility index (Phi) is 5.88. The molecule has 0 atom stereocenters. The molecule has 2 N–H and O–H groups in total. The van der Waals surface area contributed by atoms with Gasteiger partial charge in [-0.15, -0.1) is 0 Å². The molecule has 0 radical (unpaired) electrons. The number of hydrogen-bond donors (Lipinski definition) is 2. The van der Waals surface area contributed by atoms with Crippen molar-refractivity contribution in [2.24, 2.45) is 0 Å². The van der Waals surface area contributed by atoms with E-state index >= 15 is 0 Å². The van der Waals surface area contributed by atoms with E-state index in [1.807, 2.05) is 26.0 Å². The van der Waals surface area contributed by atoms with Crippen molar-refractivity contribution in [3.8, 4) is 0 Å². The average molecular weight is 375 g/mol. The van der Waals surface area contributed by atoms with Gasteiger partial charge < -0.3 is 5.32 Å². The van der Waals surface area contributed by atoms with Crippen molar-refractivity contribution in [1.82, 2.24) is 10.0 Å². The summed E-state index contributed by atoms with van der Waals surface area (Å²) in [5, 5.41) is 2.87. The summed E-state index contributed by atoms with van der Waals surface area (Å²) in [4.78, 5) is 12.4. The van der Waals surface area contributed by atoms with E-state index in [4.69, 9.17) is 0 Å². The molecular formula is C20H26N2O3S. The highest BCUT2D eigenvalue weighted by atomic mass is 32.2. The van der Waals surface area contributed by atoms with Crippen LogP contribution in [0.4, 0.5) is 0 Å². The third-order valence-corrected chi connectivity index (χ3v) is 5.58. The molecule has 0 saturated carbocycles. The van der Waals surface area contributed by atoms with Crippen molar-refractivity contribution >= 4 is 15.9 Å². The second-order valence-electron chi connectivity index (χ2n) is 7.49. The second-order valence-corrected chi connectivity index (χ2v) is 9.17. The Morgan fingerprint density at radius 2 is 1.62 bits per heavy atom. The number of carbonyl (C=O) groups excluding carboxylic acids is 1. The summed E-state index contributed by atoms with van der Waals surface area (Å²) in [6, 6.07) is 12.0. The van der Waals surface area contributed by atoms with Crippen LogP contribution in [0, 0.1) is 13.8 Å². The quantitative estimate of drug-likeness (QED) is 0.843. The number of carbonyl (C=O) groups is 1. The Hall–Kier alpha value is -2.18. The largest absolute Gasteiger partial charge is 0.348 e. The number of benzene rings is 2. The minimum absolute atomic E-state index is 0.137. The van der Waals surface area contributed by atoms with Crippen LogP contribution in [0.15, 0.2) is 47.4 Å². The molecule has 6 heteroatoms. The minimum atomic E-state index is -3.61. The van der Waals surface area contributed by atoms with Crippen LogP contribution < -0.4 is 10.0 Å². The van der Waals surface area contributed by atoms with E-state index in [1.165, 1.54) is 29.8 Å². The topological polar surface area (TPSA) is 75.3 Å². The van der Waals surface area contributed by atoms with Crippen molar-refractivity contribution in [2.45, 2.75) is 51.6 Å². The maximum absolute atomic E-state index is 12.3. The molecule has 0 saturated heterocycles. The molecule has 0 aromatic heterocycles. The first-order valence-electron chi connectivity index (χ1n) is 8.46. The summed E-state index contributed by atoms with van der Waals surface area (Å²) in [5.41, 5.74) is 3.21. The molecule has 0 heterocycles. The molecule has 140 valence electrons. The molecule has 2 aromatic carbocycles. The Balaban J connectivity index is 2.07. The second kappa shape index (κ2) is 7.60. The summed E-state index contributed by atoms with van der Waals surface area (Å²) in [6.45, 7) is 9.80. The fourth-order valence-corrected chi connectivity index (χ4v) is 3.99. The Morgan fingerprint density at radius 3 is 2.15 bits per heavy atom. The molecule has 26 heavy (non-hydrogen) atoms. The van der Waals surface area contributed by atoms with Crippen LogP contribution in [-0.4, -0.2) is 19.9 Å². The summed E-state index contributed by atoms with van der Waals surface area (Å²) in [6.07, 6.45) is 0. The highest BCUT2D eigenvalue weighted by Crippen LogP contribution is 2.14. The maximum atomic E-state index is 12.3. The van der Waals surface area contributed by atoms with Gasteiger partial charge in [0.2, 0.25) is 10.0 Å². The summed E-state index contributed by atoms with van der Waals surface area (Å²) in [5.74, 6) is -0.238. The normalized spacial score (nSPS) is 12.0. The molecule has 5 nitrogen and oxygen atoms in total. The molecule has 0 fully saturated rings. The number of nitrogens with one attached hydrogen (secondary N) is 2. The number of hydrogen-bond acceptors (Lipinski definition) is 3. The van der Waals surface area contributed by atoms with Crippen LogP contribution in [0.1, 0.15) is 47.8 Å². The fraction of sp³-hybridized carbons (Fsp3) is 0.350. The first-order chi connectivity index (χ1) is 12.0. The average Bonchev–Trinajstić information content (AvgIpc) is 2.51. The summed E-state index contributed by atoms with van der Waals surface area (Å²) in [7, 11) is -3.61. The van der Waals surface area contributed by atoms with E-state index in [2.05, 4.69) is 16.1 Å². The van der Waals surface area contributed by atoms with Crippen molar-refractivity contribution in [1.29, 1.82) is 0 Å². The van der Waals surface area contributed by atoms with Crippen molar-refractivity contribution in [3.63, 3.8) is 0 Å². The van der Waals surface area contributed by atoms with Crippen LogP contribution >= 0.6 is 0 Å². The van der Waals surface area contributed by atoms with Gasteiger partial charge in [-0.25, -0.2) is 13.1 Å². The lowest BCUT2D eigenvalue weighted by molar-refractivity contribution is 0.0950. The van der Waals surface area contributed by atoms with E-state index in [1.54, 1.807) is 20.8 Å². The predicted octanol–water partition coefficient (Wildman–Crippen LogP) is 3.31. The molecule has 0 unspecified atom stereocenters. The van der Waals surface area contributed by atoms with E-state index in [9.17, 15) is 13.2 Å². The van der Waals surface area contributed by atoms with Gasteiger partial charge >= 0.3 is 0 Å². The number of aryl methyl sites for hydroxylation is 2. The van der Waals surface area contributed by atoms with Crippen molar-refractivity contribution in [2.75, 3.05) is 0 Å². The Morgan fingerprint density at radius 1 is 1.00 bits per heavy atom. The summed E-state index contributed by atoms with van der Waals surface area (Å²) < 4.78 is 27.2. The van der Waals surface area contributed by atoms with Gasteiger partial charge in [0.25, 0.3) is 5.91 Å². The molecule has 0 aliphatic carbocycles. The minimum Gasteiger partial charge on any atom is -0.348 e.